The number of carbonyl (C=O) groups excluding carboxylic acids is 1. The predicted molar refractivity (Wildman–Crippen MR) is 107 cm³/mol. The summed E-state index contributed by atoms with van der Waals surface area (Å²) in [5, 5.41) is 14.0. The number of nitrogens with zero attached hydrogens (tertiary/aromatic N) is 3. The number of pyridine rings is 1. The normalized spacial score (nSPS) is 17.3. The summed E-state index contributed by atoms with van der Waals surface area (Å²) in [7, 11) is 3.39. The number of nitro groups is 1. The third kappa shape index (κ3) is 5.80. The molecule has 27 heavy (non-hydrogen) atoms. The lowest BCUT2D eigenvalue weighted by atomic mass is 9.88. The highest BCUT2D eigenvalue weighted by Crippen LogP contribution is 2.30. The van der Waals surface area contributed by atoms with E-state index in [1.807, 2.05) is 13.0 Å². The van der Waals surface area contributed by atoms with Gasteiger partial charge >= 0.3 is 5.97 Å². The van der Waals surface area contributed by atoms with Crippen LogP contribution in [0.15, 0.2) is 40.6 Å². The Morgan fingerprint density at radius 1 is 1.48 bits per heavy atom. The van der Waals surface area contributed by atoms with E-state index in [2.05, 4.69) is 34.9 Å². The topological polar surface area (TPSA) is 97.6 Å². The molecule has 8 nitrogen and oxygen atoms in total. The number of methoxy groups -OCH3 is 1. The van der Waals surface area contributed by atoms with E-state index in [1.165, 1.54) is 25.4 Å². The van der Waals surface area contributed by atoms with E-state index >= 15 is 0 Å². The maximum absolute atomic E-state index is 12.0. The highest BCUT2D eigenvalue weighted by Gasteiger charge is 2.24. The molecule has 2 heterocycles. The zero-order valence-electron chi connectivity index (χ0n) is 15.6. The molecule has 1 saturated heterocycles. The number of allylic oxidation sites excluding steroid dienone is 3. The molecular weight excluding hydrogens is 368 g/mol. The molecule has 0 saturated carbocycles. The molecule has 0 aliphatic carbocycles. The van der Waals surface area contributed by atoms with Crippen LogP contribution in [0.1, 0.15) is 19.8 Å². The lowest BCUT2D eigenvalue weighted by molar-refractivity contribution is -0.384. The van der Waals surface area contributed by atoms with Crippen LogP contribution < -0.4 is 5.32 Å². The van der Waals surface area contributed by atoms with Gasteiger partial charge < -0.3 is 15.0 Å². The first-order valence-electron chi connectivity index (χ1n) is 8.57. The van der Waals surface area contributed by atoms with Gasteiger partial charge in [-0.2, -0.15) is 0 Å². The van der Waals surface area contributed by atoms with Gasteiger partial charge in [-0.15, -0.1) is 12.6 Å². The Hall–Kier alpha value is -2.39. The molecule has 9 heteroatoms. The number of rotatable bonds is 6. The maximum atomic E-state index is 12.0. The van der Waals surface area contributed by atoms with Gasteiger partial charge in [0.1, 0.15) is 5.82 Å². The fourth-order valence-corrected chi connectivity index (χ4v) is 3.32. The molecule has 146 valence electrons. The molecule has 1 aliphatic heterocycles. The number of ether oxygens (including phenoxy) is 1. The second kappa shape index (κ2) is 9.52. The molecule has 2 rings (SSSR count). The van der Waals surface area contributed by atoms with Crippen molar-refractivity contribution in [2.24, 2.45) is 5.92 Å². The summed E-state index contributed by atoms with van der Waals surface area (Å²) in [5.74, 6) is 0.0619. The van der Waals surface area contributed by atoms with E-state index < -0.39 is 10.9 Å². The van der Waals surface area contributed by atoms with Gasteiger partial charge in [-0.25, -0.2) is 9.78 Å². The van der Waals surface area contributed by atoms with Crippen LogP contribution in [0.25, 0.3) is 0 Å². The van der Waals surface area contributed by atoms with Crippen LogP contribution in [0.4, 0.5) is 11.5 Å². The Bertz CT molecular complexity index is 770. The highest BCUT2D eigenvalue weighted by atomic mass is 32.1. The largest absolute Gasteiger partial charge is 0.465 e. The first kappa shape index (κ1) is 20.9. The van der Waals surface area contributed by atoms with Gasteiger partial charge in [0.05, 0.1) is 23.0 Å². The minimum absolute atomic E-state index is 0.0455. The van der Waals surface area contributed by atoms with Crippen molar-refractivity contribution < 1.29 is 14.5 Å². The zero-order valence-corrected chi connectivity index (χ0v) is 16.5. The Balaban J connectivity index is 2.28. The Kier molecular flexibility index (Phi) is 7.37. The van der Waals surface area contributed by atoms with Crippen LogP contribution in [0.5, 0.6) is 0 Å². The van der Waals surface area contributed by atoms with E-state index in [0.717, 1.165) is 31.5 Å². The van der Waals surface area contributed by atoms with Crippen molar-refractivity contribution in [2.75, 3.05) is 32.6 Å². The Labute approximate surface area is 163 Å². The lowest BCUT2D eigenvalue weighted by Crippen LogP contribution is -2.31. The van der Waals surface area contributed by atoms with E-state index in [1.54, 1.807) is 0 Å². The zero-order chi connectivity index (χ0) is 20.0. The monoisotopic (exact) mass is 392 g/mol. The van der Waals surface area contributed by atoms with Gasteiger partial charge in [0.15, 0.2) is 0 Å². The van der Waals surface area contributed by atoms with E-state index in [0.29, 0.717) is 11.5 Å². The minimum Gasteiger partial charge on any atom is -0.465 e. The van der Waals surface area contributed by atoms with Gasteiger partial charge in [-0.1, -0.05) is 0 Å². The predicted octanol–water partition coefficient (Wildman–Crippen LogP) is 3.00. The number of nitrogens with one attached hydrogen (secondary N) is 1. The molecule has 0 unspecified atom stereocenters. The summed E-state index contributed by atoms with van der Waals surface area (Å²) < 4.78 is 4.83. The van der Waals surface area contributed by atoms with Crippen molar-refractivity contribution in [1.29, 1.82) is 0 Å². The molecule has 0 spiro atoms. The minimum atomic E-state index is -0.482. The van der Waals surface area contributed by atoms with Crippen LogP contribution in [-0.4, -0.2) is 48.0 Å². The van der Waals surface area contributed by atoms with Gasteiger partial charge in [-0.3, -0.25) is 10.1 Å². The summed E-state index contributed by atoms with van der Waals surface area (Å²) >= 11 is 4.39. The van der Waals surface area contributed by atoms with Crippen molar-refractivity contribution >= 4 is 30.1 Å². The molecule has 1 aromatic rings. The Morgan fingerprint density at radius 3 is 2.74 bits per heavy atom. The van der Waals surface area contributed by atoms with Crippen LogP contribution >= 0.6 is 12.6 Å². The third-order valence-corrected chi connectivity index (χ3v) is 4.90. The van der Waals surface area contributed by atoms with Crippen LogP contribution in [0.3, 0.4) is 0 Å². The SMILES string of the molecule is COC(=O)/C(S)=C(/C=C(\C)Nc1cc([N+](=O)[O-])ccn1)C1CCN(C)CC1. The summed E-state index contributed by atoms with van der Waals surface area (Å²) in [6.07, 6.45) is 5.03. The molecule has 0 atom stereocenters. The average Bonchev–Trinajstić information content (AvgIpc) is 2.66. The number of likely N-dealkylation sites (tertiary alicyclic amines) is 1. The van der Waals surface area contributed by atoms with Gasteiger partial charge in [0.2, 0.25) is 0 Å². The fraction of sp³-hybridized carbons (Fsp3) is 0.444. The third-order valence-electron chi connectivity index (χ3n) is 4.46. The summed E-state index contributed by atoms with van der Waals surface area (Å²) in [6.45, 7) is 3.68. The number of piperidine rings is 1. The number of aromatic nitrogens is 1. The van der Waals surface area contributed by atoms with E-state index in [9.17, 15) is 14.9 Å². The lowest BCUT2D eigenvalue weighted by Gasteiger charge is -2.30. The van der Waals surface area contributed by atoms with Crippen molar-refractivity contribution in [3.63, 3.8) is 0 Å². The standard InChI is InChI=1S/C18H24N4O4S/c1-12(20-16-11-14(22(24)25)4-7-19-16)10-15(17(27)18(23)26-3)13-5-8-21(2)9-6-13/h4,7,10-11,13,27H,5-6,8-9H2,1-3H3,(H,19,20)/b12-10+,17-15+. The van der Waals surface area contributed by atoms with Gasteiger partial charge in [0, 0.05) is 18.0 Å². The summed E-state index contributed by atoms with van der Waals surface area (Å²) in [5.41, 5.74) is 1.46. The smallest absolute Gasteiger partial charge is 0.344 e. The second-order valence-corrected chi connectivity index (χ2v) is 6.93. The molecule has 0 amide bonds. The number of hydrogen-bond donors (Lipinski definition) is 2. The molecule has 1 aliphatic rings. The number of hydrogen-bond acceptors (Lipinski definition) is 8. The molecule has 0 aromatic carbocycles. The number of esters is 1. The molecule has 0 radical (unpaired) electrons. The van der Waals surface area contributed by atoms with E-state index in [-0.39, 0.29) is 16.5 Å². The maximum Gasteiger partial charge on any atom is 0.344 e. The number of thiol groups is 1. The summed E-state index contributed by atoms with van der Waals surface area (Å²) in [4.78, 5) is 29.1. The van der Waals surface area contributed by atoms with Crippen molar-refractivity contribution in [2.45, 2.75) is 19.8 Å². The first-order valence-corrected chi connectivity index (χ1v) is 9.02. The first-order chi connectivity index (χ1) is 12.8. The number of carbonyl (C=O) groups is 1. The second-order valence-electron chi connectivity index (χ2n) is 6.48. The van der Waals surface area contributed by atoms with Crippen LogP contribution in [-0.2, 0) is 9.53 Å². The molecular formula is C18H24N4O4S. The van der Waals surface area contributed by atoms with E-state index in [4.69, 9.17) is 4.74 Å². The molecule has 0 bridgehead atoms. The van der Waals surface area contributed by atoms with Gasteiger partial charge in [0.25, 0.3) is 5.69 Å². The van der Waals surface area contributed by atoms with Crippen molar-refractivity contribution in [1.82, 2.24) is 9.88 Å². The molecule has 1 aromatic heterocycles. The van der Waals surface area contributed by atoms with Gasteiger partial charge in [-0.05, 0) is 57.5 Å². The molecule has 1 N–H and O–H groups in total. The van der Waals surface area contributed by atoms with Crippen molar-refractivity contribution in [3.8, 4) is 0 Å². The Morgan fingerprint density at radius 2 is 2.15 bits per heavy atom. The highest BCUT2D eigenvalue weighted by molar-refractivity contribution is 7.85. The molecule has 1 fully saturated rings. The van der Waals surface area contributed by atoms with Crippen LogP contribution in [0.2, 0.25) is 0 Å². The van der Waals surface area contributed by atoms with Crippen molar-refractivity contribution in [3.05, 3.63) is 50.7 Å². The quantitative estimate of drug-likeness (QED) is 0.192. The fourth-order valence-electron chi connectivity index (χ4n) is 2.99. The average molecular weight is 392 g/mol. The van der Waals surface area contributed by atoms with Crippen LogP contribution in [0, 0.1) is 16.0 Å². The number of anilines is 1. The summed E-state index contributed by atoms with van der Waals surface area (Å²) in [6, 6.07) is 2.69.